The second-order valence-electron chi connectivity index (χ2n) is 9.21. The molecule has 2 aliphatic heterocycles. The third-order valence-electron chi connectivity index (χ3n) is 6.11. The molecule has 0 aromatic heterocycles. The fourth-order valence-corrected chi connectivity index (χ4v) is 4.18. The molecular weight excluding hydrogens is 452 g/mol. The molecule has 2 aromatic rings. The molecule has 4 rings (SSSR count). The number of likely N-dealkylation sites (N-methyl/N-ethyl adjacent to an activating group) is 1. The van der Waals surface area contributed by atoms with Gasteiger partial charge in [0.2, 0.25) is 6.79 Å². The summed E-state index contributed by atoms with van der Waals surface area (Å²) >= 11 is 0. The van der Waals surface area contributed by atoms with Crippen molar-refractivity contribution in [3.05, 3.63) is 42.0 Å². The number of benzene rings is 2. The third-order valence-corrected chi connectivity index (χ3v) is 6.11. The number of para-hydroxylation sites is 1. The van der Waals surface area contributed by atoms with Gasteiger partial charge in [-0.1, -0.05) is 13.0 Å². The maximum absolute atomic E-state index is 13.5. The zero-order valence-electron chi connectivity index (χ0n) is 20.4. The van der Waals surface area contributed by atoms with E-state index in [4.69, 9.17) is 14.2 Å². The van der Waals surface area contributed by atoms with Gasteiger partial charge in [-0.25, -0.2) is 4.79 Å². The summed E-state index contributed by atoms with van der Waals surface area (Å²) in [6, 6.07) is 9.34. The lowest BCUT2D eigenvalue weighted by Gasteiger charge is -2.38. The zero-order valence-corrected chi connectivity index (χ0v) is 20.4. The van der Waals surface area contributed by atoms with Crippen LogP contribution in [0.3, 0.4) is 0 Å². The lowest BCUT2D eigenvalue weighted by Crippen LogP contribution is -2.49. The quantitative estimate of drug-likeness (QED) is 0.578. The summed E-state index contributed by atoms with van der Waals surface area (Å²) in [6.45, 7) is 4.89. The maximum atomic E-state index is 13.5. The van der Waals surface area contributed by atoms with Crippen molar-refractivity contribution in [1.29, 1.82) is 0 Å². The summed E-state index contributed by atoms with van der Waals surface area (Å²) in [6.07, 6.45) is -0.245. The van der Waals surface area contributed by atoms with Gasteiger partial charge in [0.1, 0.15) is 6.10 Å². The smallest absolute Gasteiger partial charge is 0.323 e. The van der Waals surface area contributed by atoms with Gasteiger partial charge in [-0.3, -0.25) is 4.79 Å². The Morgan fingerprint density at radius 1 is 1.20 bits per heavy atom. The number of fused-ring (bicyclic) bond motifs is 2. The molecule has 2 heterocycles. The highest BCUT2D eigenvalue weighted by Crippen LogP contribution is 2.36. The van der Waals surface area contributed by atoms with E-state index in [0.29, 0.717) is 47.3 Å². The average molecular weight is 485 g/mol. The standard InChI is InChI=1S/C25H32N4O6/c1-15-11-29(16(2)13-30)24(31)18-6-5-7-19(23(18)35-22(15)12-28(3)4)27-25(32)26-17-8-9-20-21(10-17)34-14-33-20/h5-10,15-16,22,30H,11-14H2,1-4H3,(H2,26,27,32)/t15-,16+,22-/m1/s1. The Balaban J connectivity index is 1.63. The molecule has 3 amide bonds. The van der Waals surface area contributed by atoms with Crippen LogP contribution in [0, 0.1) is 5.92 Å². The first-order valence-electron chi connectivity index (χ1n) is 11.6. The number of hydrogen-bond acceptors (Lipinski definition) is 7. The van der Waals surface area contributed by atoms with Gasteiger partial charge >= 0.3 is 6.03 Å². The molecule has 2 aliphatic rings. The van der Waals surface area contributed by atoms with E-state index in [1.807, 2.05) is 32.8 Å². The molecular formula is C25H32N4O6. The van der Waals surface area contributed by atoms with Crippen LogP contribution >= 0.6 is 0 Å². The minimum absolute atomic E-state index is 0.0148. The van der Waals surface area contributed by atoms with Gasteiger partial charge < -0.3 is 39.8 Å². The first kappa shape index (κ1) is 24.6. The number of aliphatic hydroxyl groups excluding tert-OH is 1. The van der Waals surface area contributed by atoms with Crippen molar-refractivity contribution < 1.29 is 28.9 Å². The molecule has 0 aliphatic carbocycles. The summed E-state index contributed by atoms with van der Waals surface area (Å²) in [5.74, 6) is 1.22. The summed E-state index contributed by atoms with van der Waals surface area (Å²) in [7, 11) is 3.91. The molecule has 10 heteroatoms. The first-order chi connectivity index (χ1) is 16.8. The number of aliphatic hydroxyl groups is 1. The Kier molecular flexibility index (Phi) is 7.32. The molecule has 0 spiro atoms. The van der Waals surface area contributed by atoms with Crippen molar-refractivity contribution in [1.82, 2.24) is 9.80 Å². The number of carbonyl (C=O) groups is 2. The number of hydrogen-bond donors (Lipinski definition) is 3. The fourth-order valence-electron chi connectivity index (χ4n) is 4.18. The fraction of sp³-hybridized carbons (Fsp3) is 0.440. The van der Waals surface area contributed by atoms with Crippen molar-refractivity contribution in [2.45, 2.75) is 26.0 Å². The number of nitrogens with one attached hydrogen (secondary N) is 2. The van der Waals surface area contributed by atoms with Crippen LogP contribution < -0.4 is 24.8 Å². The Hall–Kier alpha value is -3.50. The van der Waals surface area contributed by atoms with Gasteiger partial charge in [-0.2, -0.15) is 0 Å². The number of urea groups is 1. The van der Waals surface area contributed by atoms with E-state index in [2.05, 4.69) is 10.6 Å². The second-order valence-corrected chi connectivity index (χ2v) is 9.21. The topological polar surface area (TPSA) is 113 Å². The number of anilines is 2. The molecule has 0 unspecified atom stereocenters. The molecule has 0 fully saturated rings. The van der Waals surface area contributed by atoms with Gasteiger partial charge in [0.25, 0.3) is 5.91 Å². The van der Waals surface area contributed by atoms with Crippen molar-refractivity contribution in [2.75, 3.05) is 51.2 Å². The molecule has 0 radical (unpaired) electrons. The zero-order chi connectivity index (χ0) is 25.1. The van der Waals surface area contributed by atoms with Gasteiger partial charge in [0, 0.05) is 30.8 Å². The first-order valence-corrected chi connectivity index (χ1v) is 11.6. The number of rotatable bonds is 6. The van der Waals surface area contributed by atoms with E-state index in [1.54, 1.807) is 41.3 Å². The van der Waals surface area contributed by atoms with Crippen LogP contribution in [-0.2, 0) is 0 Å². The molecule has 3 atom stereocenters. The number of nitrogens with zero attached hydrogens (tertiary/aromatic N) is 2. The highest BCUT2D eigenvalue weighted by molar-refractivity contribution is 6.04. The SMILES string of the molecule is C[C@@H]1CN([C@@H](C)CO)C(=O)c2cccc(NC(=O)Nc3ccc4c(c3)OCO4)c2O[C@@H]1CN(C)C. The van der Waals surface area contributed by atoms with Crippen molar-refractivity contribution in [3.63, 3.8) is 0 Å². The van der Waals surface area contributed by atoms with Crippen LogP contribution in [0.1, 0.15) is 24.2 Å². The number of carbonyl (C=O) groups excluding carboxylic acids is 2. The molecule has 0 saturated heterocycles. The van der Waals surface area contributed by atoms with Crippen LogP contribution in [0.4, 0.5) is 16.2 Å². The Morgan fingerprint density at radius 3 is 2.71 bits per heavy atom. The monoisotopic (exact) mass is 484 g/mol. The molecule has 0 saturated carbocycles. The Labute approximate surface area is 204 Å². The largest absolute Gasteiger partial charge is 0.486 e. The third kappa shape index (κ3) is 5.44. The molecule has 35 heavy (non-hydrogen) atoms. The second kappa shape index (κ2) is 10.4. The minimum Gasteiger partial charge on any atom is -0.486 e. The predicted octanol–water partition coefficient (Wildman–Crippen LogP) is 2.84. The summed E-state index contributed by atoms with van der Waals surface area (Å²) in [5, 5.41) is 15.4. The molecule has 3 N–H and O–H groups in total. The number of ether oxygens (including phenoxy) is 3. The van der Waals surface area contributed by atoms with Crippen LogP contribution in [0.25, 0.3) is 0 Å². The van der Waals surface area contributed by atoms with Crippen LogP contribution in [0.2, 0.25) is 0 Å². The highest BCUT2D eigenvalue weighted by Gasteiger charge is 2.34. The highest BCUT2D eigenvalue weighted by atomic mass is 16.7. The van der Waals surface area contributed by atoms with Crippen LogP contribution in [-0.4, -0.2) is 79.6 Å². The molecule has 188 valence electrons. The Morgan fingerprint density at radius 2 is 1.97 bits per heavy atom. The summed E-state index contributed by atoms with van der Waals surface area (Å²) < 4.78 is 17.1. The van der Waals surface area contributed by atoms with Crippen molar-refractivity contribution in [3.8, 4) is 17.2 Å². The molecule has 2 aromatic carbocycles. The summed E-state index contributed by atoms with van der Waals surface area (Å²) in [4.78, 5) is 30.0. The van der Waals surface area contributed by atoms with Crippen molar-refractivity contribution >= 4 is 23.3 Å². The molecule has 10 nitrogen and oxygen atoms in total. The van der Waals surface area contributed by atoms with Gasteiger partial charge in [-0.15, -0.1) is 0 Å². The van der Waals surface area contributed by atoms with Crippen LogP contribution in [0.5, 0.6) is 17.2 Å². The molecule has 0 bridgehead atoms. The lowest BCUT2D eigenvalue weighted by atomic mass is 9.99. The normalized spacial score (nSPS) is 19.9. The van der Waals surface area contributed by atoms with Gasteiger partial charge in [0.15, 0.2) is 17.2 Å². The Bertz CT molecular complexity index is 1090. The summed E-state index contributed by atoms with van der Waals surface area (Å²) in [5.41, 5.74) is 1.25. The van der Waals surface area contributed by atoms with Crippen LogP contribution in [0.15, 0.2) is 36.4 Å². The maximum Gasteiger partial charge on any atom is 0.323 e. The minimum atomic E-state index is -0.492. The van der Waals surface area contributed by atoms with E-state index < -0.39 is 6.03 Å². The van der Waals surface area contributed by atoms with E-state index in [-0.39, 0.29) is 37.4 Å². The van der Waals surface area contributed by atoms with Gasteiger partial charge in [-0.05, 0) is 45.3 Å². The van der Waals surface area contributed by atoms with Crippen molar-refractivity contribution in [2.24, 2.45) is 5.92 Å². The van der Waals surface area contributed by atoms with Gasteiger partial charge in [0.05, 0.1) is 23.9 Å². The van der Waals surface area contributed by atoms with E-state index >= 15 is 0 Å². The predicted molar refractivity (Wildman–Crippen MR) is 131 cm³/mol. The lowest BCUT2D eigenvalue weighted by molar-refractivity contribution is 0.0365. The number of amides is 3. The average Bonchev–Trinajstić information content (AvgIpc) is 3.29. The van der Waals surface area contributed by atoms with E-state index in [0.717, 1.165) is 0 Å². The van der Waals surface area contributed by atoms with E-state index in [9.17, 15) is 14.7 Å². The van der Waals surface area contributed by atoms with E-state index in [1.165, 1.54) is 0 Å².